The summed E-state index contributed by atoms with van der Waals surface area (Å²) in [7, 11) is 0. The summed E-state index contributed by atoms with van der Waals surface area (Å²) in [5.41, 5.74) is -0.528. The van der Waals surface area contributed by atoms with Gasteiger partial charge < -0.3 is 14.6 Å². The van der Waals surface area contributed by atoms with Crippen LogP contribution >= 0.6 is 0 Å². The number of carbonyl (C=O) groups is 2. The molecule has 0 radical (unpaired) electrons. The Morgan fingerprint density at radius 1 is 1.33 bits per heavy atom. The third-order valence-electron chi connectivity index (χ3n) is 3.05. The minimum absolute atomic E-state index is 0.107. The van der Waals surface area contributed by atoms with Crippen LogP contribution in [0.4, 0.5) is 0 Å². The van der Waals surface area contributed by atoms with Gasteiger partial charge in [0.2, 0.25) is 0 Å². The standard InChI is InChI=1S/C14H20O4/c1-13(2,3)8-18-10(15)7-6-9-11(12(16)17)14(9,4)5/h9,11H,8H2,1-5H3,(H,16,17)/p-1. The molecule has 0 amide bonds. The lowest BCUT2D eigenvalue weighted by molar-refractivity contribution is -0.308. The van der Waals surface area contributed by atoms with Crippen LogP contribution in [0.25, 0.3) is 0 Å². The van der Waals surface area contributed by atoms with Crippen LogP contribution in [0.5, 0.6) is 0 Å². The zero-order valence-electron chi connectivity index (χ0n) is 11.5. The van der Waals surface area contributed by atoms with E-state index < -0.39 is 23.3 Å². The molecule has 1 aliphatic rings. The van der Waals surface area contributed by atoms with Crippen molar-refractivity contribution in [2.24, 2.45) is 22.7 Å². The van der Waals surface area contributed by atoms with Gasteiger partial charge in [-0.25, -0.2) is 4.79 Å². The van der Waals surface area contributed by atoms with Gasteiger partial charge in [0.1, 0.15) is 0 Å². The normalized spacial score (nSPS) is 24.7. The van der Waals surface area contributed by atoms with Gasteiger partial charge in [-0.15, -0.1) is 0 Å². The fourth-order valence-corrected chi connectivity index (χ4v) is 1.80. The summed E-state index contributed by atoms with van der Waals surface area (Å²) in [4.78, 5) is 22.1. The molecule has 0 N–H and O–H groups in total. The molecule has 4 nitrogen and oxygen atoms in total. The first-order chi connectivity index (χ1) is 8.05. The molecule has 1 rings (SSSR count). The van der Waals surface area contributed by atoms with Gasteiger partial charge >= 0.3 is 5.97 Å². The predicted octanol–water partition coefficient (Wildman–Crippen LogP) is 0.601. The van der Waals surface area contributed by atoms with Crippen LogP contribution in [-0.4, -0.2) is 18.5 Å². The molecule has 0 aromatic carbocycles. The summed E-state index contributed by atoms with van der Waals surface area (Å²) in [5.74, 6) is 2.38. The number of aliphatic carboxylic acids is 1. The lowest BCUT2D eigenvalue weighted by Gasteiger charge is -2.16. The molecule has 4 heteroatoms. The quantitative estimate of drug-likeness (QED) is 0.409. The highest BCUT2D eigenvalue weighted by atomic mass is 16.5. The van der Waals surface area contributed by atoms with Crippen molar-refractivity contribution in [2.75, 3.05) is 6.61 Å². The van der Waals surface area contributed by atoms with Crippen LogP contribution in [0, 0.1) is 34.5 Å². The van der Waals surface area contributed by atoms with Gasteiger partial charge in [-0.2, -0.15) is 0 Å². The van der Waals surface area contributed by atoms with Crippen molar-refractivity contribution >= 4 is 11.9 Å². The lowest BCUT2D eigenvalue weighted by atomic mass is 9.99. The van der Waals surface area contributed by atoms with Gasteiger partial charge in [0.15, 0.2) is 0 Å². The Labute approximate surface area is 108 Å². The first-order valence-electron chi connectivity index (χ1n) is 5.95. The summed E-state index contributed by atoms with van der Waals surface area (Å²) in [6, 6.07) is 0. The molecule has 2 unspecified atom stereocenters. The molecular weight excluding hydrogens is 232 g/mol. The molecule has 1 saturated carbocycles. The maximum absolute atomic E-state index is 11.4. The third-order valence-corrected chi connectivity index (χ3v) is 3.05. The number of ether oxygens (including phenoxy) is 1. The van der Waals surface area contributed by atoms with E-state index in [-0.39, 0.29) is 11.3 Å². The number of carboxylic acid groups (broad SMARTS) is 1. The van der Waals surface area contributed by atoms with Crippen LogP contribution < -0.4 is 5.11 Å². The van der Waals surface area contributed by atoms with Gasteiger partial charge in [0.25, 0.3) is 0 Å². The molecule has 0 aromatic rings. The molecule has 0 spiro atoms. The zero-order chi connectivity index (χ0) is 14.1. The topological polar surface area (TPSA) is 66.4 Å². The first kappa shape index (κ1) is 14.6. The highest BCUT2D eigenvalue weighted by molar-refractivity contribution is 5.89. The van der Waals surface area contributed by atoms with E-state index in [0.717, 1.165) is 0 Å². The Morgan fingerprint density at radius 2 is 1.89 bits per heavy atom. The zero-order valence-corrected chi connectivity index (χ0v) is 11.5. The van der Waals surface area contributed by atoms with E-state index in [0.29, 0.717) is 6.61 Å². The number of hydrogen-bond acceptors (Lipinski definition) is 4. The maximum Gasteiger partial charge on any atom is 0.384 e. The van der Waals surface area contributed by atoms with Crippen LogP contribution in [0.15, 0.2) is 0 Å². The van der Waals surface area contributed by atoms with Crippen LogP contribution in [-0.2, 0) is 14.3 Å². The molecule has 0 aromatic heterocycles. The van der Waals surface area contributed by atoms with E-state index >= 15 is 0 Å². The summed E-state index contributed by atoms with van der Waals surface area (Å²) in [6.07, 6.45) is 0. The number of carboxylic acids is 1. The minimum atomic E-state index is -1.11. The van der Waals surface area contributed by atoms with Gasteiger partial charge in [-0.3, -0.25) is 0 Å². The molecule has 1 fully saturated rings. The fraction of sp³-hybridized carbons (Fsp3) is 0.714. The average molecular weight is 251 g/mol. The number of esters is 1. The predicted molar refractivity (Wildman–Crippen MR) is 64.0 cm³/mol. The summed E-state index contributed by atoms with van der Waals surface area (Å²) in [6.45, 7) is 9.73. The molecule has 0 heterocycles. The van der Waals surface area contributed by atoms with Crippen molar-refractivity contribution in [3.63, 3.8) is 0 Å². The van der Waals surface area contributed by atoms with Crippen LogP contribution in [0.3, 0.4) is 0 Å². The molecule has 2 atom stereocenters. The fourth-order valence-electron chi connectivity index (χ4n) is 1.80. The third kappa shape index (κ3) is 3.49. The summed E-state index contributed by atoms with van der Waals surface area (Å²) < 4.78 is 4.97. The summed E-state index contributed by atoms with van der Waals surface area (Å²) >= 11 is 0. The molecule has 0 bridgehead atoms. The highest BCUT2D eigenvalue weighted by Crippen LogP contribution is 2.57. The minimum Gasteiger partial charge on any atom is -0.550 e. The van der Waals surface area contributed by atoms with Crippen LogP contribution in [0.1, 0.15) is 34.6 Å². The van der Waals surface area contributed by atoms with Crippen molar-refractivity contribution in [1.82, 2.24) is 0 Å². The second-order valence-corrected chi connectivity index (χ2v) is 6.50. The van der Waals surface area contributed by atoms with Gasteiger partial charge in [0.05, 0.1) is 6.61 Å². The van der Waals surface area contributed by atoms with E-state index in [1.807, 2.05) is 20.8 Å². The van der Waals surface area contributed by atoms with E-state index in [2.05, 4.69) is 11.8 Å². The smallest absolute Gasteiger partial charge is 0.384 e. The van der Waals surface area contributed by atoms with Crippen molar-refractivity contribution in [3.05, 3.63) is 0 Å². The Morgan fingerprint density at radius 3 is 2.28 bits per heavy atom. The Balaban J connectivity index is 2.53. The monoisotopic (exact) mass is 251 g/mol. The Hall–Kier alpha value is -1.50. The Bertz CT molecular complexity index is 417. The molecule has 0 saturated heterocycles. The number of rotatable bonds is 2. The van der Waals surface area contributed by atoms with Crippen molar-refractivity contribution in [1.29, 1.82) is 0 Å². The lowest BCUT2D eigenvalue weighted by Crippen LogP contribution is -2.26. The molecule has 1 aliphatic carbocycles. The van der Waals surface area contributed by atoms with Gasteiger partial charge in [-0.1, -0.05) is 40.5 Å². The van der Waals surface area contributed by atoms with Gasteiger partial charge in [0, 0.05) is 23.7 Å². The van der Waals surface area contributed by atoms with E-state index in [1.165, 1.54) is 0 Å². The second-order valence-electron chi connectivity index (χ2n) is 6.50. The average Bonchev–Trinajstić information content (AvgIpc) is 2.73. The van der Waals surface area contributed by atoms with Crippen molar-refractivity contribution < 1.29 is 19.4 Å². The summed E-state index contributed by atoms with van der Waals surface area (Å²) in [5, 5.41) is 10.8. The van der Waals surface area contributed by atoms with E-state index in [9.17, 15) is 14.7 Å². The van der Waals surface area contributed by atoms with E-state index in [1.54, 1.807) is 13.8 Å². The molecular formula is C14H19O4-. The number of hydrogen-bond donors (Lipinski definition) is 0. The highest BCUT2D eigenvalue weighted by Gasteiger charge is 2.57. The van der Waals surface area contributed by atoms with Crippen molar-refractivity contribution in [3.8, 4) is 11.8 Å². The van der Waals surface area contributed by atoms with Gasteiger partial charge in [-0.05, 0) is 10.8 Å². The SMILES string of the molecule is CC(C)(C)COC(=O)C#CC1C(C(=O)[O-])C1(C)C. The first-order valence-corrected chi connectivity index (χ1v) is 5.95. The Kier molecular flexibility index (Phi) is 3.75. The number of carbonyl (C=O) groups excluding carboxylic acids is 2. The maximum atomic E-state index is 11.4. The molecule has 100 valence electrons. The largest absolute Gasteiger partial charge is 0.550 e. The van der Waals surface area contributed by atoms with Crippen molar-refractivity contribution in [2.45, 2.75) is 34.6 Å². The van der Waals surface area contributed by atoms with Crippen LogP contribution in [0.2, 0.25) is 0 Å². The van der Waals surface area contributed by atoms with E-state index in [4.69, 9.17) is 4.74 Å². The second kappa shape index (κ2) is 4.64. The molecule has 18 heavy (non-hydrogen) atoms. The molecule has 0 aliphatic heterocycles.